The van der Waals surface area contributed by atoms with Gasteiger partial charge in [0.1, 0.15) is 0 Å². The van der Waals surface area contributed by atoms with Crippen LogP contribution in [-0.4, -0.2) is 10.2 Å². The predicted molar refractivity (Wildman–Crippen MR) is 63.9 cm³/mol. The Morgan fingerprint density at radius 3 is 3.00 bits per heavy atom. The molecule has 0 spiro atoms. The van der Waals surface area contributed by atoms with Crippen LogP contribution in [0.3, 0.4) is 0 Å². The molecule has 80 valence electrons. The molecule has 0 bridgehead atoms. The van der Waals surface area contributed by atoms with Crippen molar-refractivity contribution in [2.75, 3.05) is 5.23 Å². The minimum Gasteiger partial charge on any atom is -0.733 e. The number of hydrogen-bond donors (Lipinski definition) is 1. The van der Waals surface area contributed by atoms with E-state index in [2.05, 4.69) is 4.98 Å². The Kier molecular flexibility index (Phi) is 2.03. The van der Waals surface area contributed by atoms with Crippen LogP contribution in [0.5, 0.6) is 0 Å². The minimum atomic E-state index is -0.134. The summed E-state index contributed by atoms with van der Waals surface area (Å²) >= 11 is 1.57. The molecule has 0 aromatic heterocycles. The first-order valence-corrected chi connectivity index (χ1v) is 5.62. The number of aromatic nitrogens is 1. The van der Waals surface area contributed by atoms with Gasteiger partial charge in [-0.3, -0.25) is 5.21 Å². The maximum atomic E-state index is 10.8. The van der Waals surface area contributed by atoms with Gasteiger partial charge in [-0.25, -0.2) is 4.98 Å². The summed E-state index contributed by atoms with van der Waals surface area (Å²) in [6.45, 7) is 0. The fourth-order valence-corrected chi connectivity index (χ4v) is 2.42. The van der Waals surface area contributed by atoms with Crippen LogP contribution in [0.1, 0.15) is 0 Å². The molecule has 0 aliphatic carbocycles. The van der Waals surface area contributed by atoms with Gasteiger partial charge in [0, 0.05) is 16.3 Å². The molecule has 16 heavy (non-hydrogen) atoms. The first-order valence-electron chi connectivity index (χ1n) is 4.67. The molecule has 0 saturated heterocycles. The number of fused-ring (bicyclic) bond motifs is 3. The largest absolute Gasteiger partial charge is 0.733 e. The summed E-state index contributed by atoms with van der Waals surface area (Å²) in [6.07, 6.45) is 0. The van der Waals surface area contributed by atoms with Gasteiger partial charge in [0.2, 0.25) is 0 Å². The van der Waals surface area contributed by atoms with E-state index in [-0.39, 0.29) is 10.9 Å². The Bertz CT molecular complexity index is 621. The molecular weight excluding hydrogens is 224 g/mol. The van der Waals surface area contributed by atoms with Crippen molar-refractivity contribution in [2.45, 2.75) is 0 Å². The lowest BCUT2D eigenvalue weighted by atomic mass is 10.1. The average molecular weight is 231 g/mol. The Morgan fingerprint density at radius 1 is 1.31 bits per heavy atom. The van der Waals surface area contributed by atoms with Gasteiger partial charge in [0.25, 0.3) is 0 Å². The smallest absolute Gasteiger partial charge is 0.0732 e. The molecule has 1 aromatic carbocycles. The van der Waals surface area contributed by atoms with E-state index in [0.717, 1.165) is 22.2 Å². The third-order valence-corrected chi connectivity index (χ3v) is 3.16. The van der Waals surface area contributed by atoms with Crippen molar-refractivity contribution in [3.05, 3.63) is 40.2 Å². The second-order valence-corrected chi connectivity index (χ2v) is 4.22. The van der Waals surface area contributed by atoms with Crippen molar-refractivity contribution >= 4 is 27.9 Å². The van der Waals surface area contributed by atoms with Crippen molar-refractivity contribution in [1.29, 1.82) is 0 Å². The topological polar surface area (TPSA) is 59.4 Å². The quantitative estimate of drug-likeness (QED) is 0.654. The molecule has 4 nitrogen and oxygen atoms in total. The van der Waals surface area contributed by atoms with Gasteiger partial charge < -0.3 is 10.4 Å². The Hall–Kier alpha value is -1.69. The standard InChI is InChI=1S/C11H7N2O2S/c14-13(15)7-1-2-10-8(5-7)9-6-16-4-3-11(9)12-10/h1-6,14H/q-1. The van der Waals surface area contributed by atoms with Crippen molar-refractivity contribution in [3.8, 4) is 11.3 Å². The van der Waals surface area contributed by atoms with Crippen LogP contribution >= 0.6 is 11.3 Å². The van der Waals surface area contributed by atoms with E-state index >= 15 is 0 Å². The van der Waals surface area contributed by atoms with Gasteiger partial charge in [0.05, 0.1) is 16.9 Å². The summed E-state index contributed by atoms with van der Waals surface area (Å²) in [6, 6.07) is 6.86. The molecule has 2 heterocycles. The zero-order valence-corrected chi connectivity index (χ0v) is 8.94. The maximum Gasteiger partial charge on any atom is 0.0732 e. The van der Waals surface area contributed by atoms with E-state index < -0.39 is 0 Å². The Morgan fingerprint density at radius 2 is 2.19 bits per heavy atom. The molecule has 0 atom stereocenters. The summed E-state index contributed by atoms with van der Waals surface area (Å²) in [5.74, 6) is 0. The van der Waals surface area contributed by atoms with Crippen LogP contribution in [0.4, 0.5) is 5.69 Å². The van der Waals surface area contributed by atoms with E-state index in [1.165, 1.54) is 0 Å². The molecular formula is C11H7N2O2S-. The highest BCUT2D eigenvalue weighted by atomic mass is 32.1. The predicted octanol–water partition coefficient (Wildman–Crippen LogP) is 3.09. The fourth-order valence-electron chi connectivity index (χ4n) is 1.75. The van der Waals surface area contributed by atoms with Crippen molar-refractivity contribution < 1.29 is 5.21 Å². The van der Waals surface area contributed by atoms with Gasteiger partial charge in [-0.2, -0.15) is 11.3 Å². The molecule has 0 fully saturated rings. The number of hydrogen-bond acceptors (Lipinski definition) is 5. The van der Waals surface area contributed by atoms with Crippen molar-refractivity contribution in [1.82, 2.24) is 4.98 Å². The molecule has 1 N–H and O–H groups in total. The third-order valence-electron chi connectivity index (χ3n) is 2.50. The lowest BCUT2D eigenvalue weighted by Crippen LogP contribution is -2.06. The second-order valence-electron chi connectivity index (χ2n) is 3.44. The summed E-state index contributed by atoms with van der Waals surface area (Å²) in [5.41, 5.74) is 2.96. The highest BCUT2D eigenvalue weighted by Gasteiger charge is 2.11. The zero-order chi connectivity index (χ0) is 11.1. The minimum absolute atomic E-state index is 0.134. The Labute approximate surface area is 95.3 Å². The van der Waals surface area contributed by atoms with Gasteiger partial charge in [-0.1, -0.05) is 0 Å². The van der Waals surface area contributed by atoms with E-state index in [4.69, 9.17) is 5.21 Å². The molecule has 3 rings (SSSR count). The molecule has 0 unspecified atom stereocenters. The van der Waals surface area contributed by atoms with Crippen LogP contribution in [0.15, 0.2) is 35.0 Å². The number of rotatable bonds is 1. The number of benzene rings is 1. The van der Waals surface area contributed by atoms with Gasteiger partial charge in [-0.15, -0.1) is 0 Å². The summed E-state index contributed by atoms with van der Waals surface area (Å²) < 4.78 is 0. The van der Waals surface area contributed by atoms with E-state index in [9.17, 15) is 5.21 Å². The maximum absolute atomic E-state index is 10.8. The summed E-state index contributed by atoms with van der Waals surface area (Å²) in [7, 11) is 0. The number of anilines is 1. The monoisotopic (exact) mass is 231 g/mol. The first kappa shape index (κ1) is 9.53. The molecule has 1 aromatic rings. The van der Waals surface area contributed by atoms with Crippen LogP contribution in [0.2, 0.25) is 0 Å². The van der Waals surface area contributed by atoms with Gasteiger partial charge in [0.15, 0.2) is 0 Å². The highest BCUT2D eigenvalue weighted by Crippen LogP contribution is 2.33. The van der Waals surface area contributed by atoms with Gasteiger partial charge >= 0.3 is 0 Å². The molecule has 0 radical (unpaired) electrons. The van der Waals surface area contributed by atoms with E-state index in [0.29, 0.717) is 0 Å². The Balaban J connectivity index is 2.34. The first-order chi connectivity index (χ1) is 7.75. The molecule has 2 aliphatic heterocycles. The molecule has 0 saturated carbocycles. The molecule has 2 aliphatic rings. The van der Waals surface area contributed by atoms with Crippen molar-refractivity contribution in [2.24, 2.45) is 0 Å². The number of nitrogens with zero attached hydrogens (tertiary/aromatic N) is 2. The van der Waals surface area contributed by atoms with Crippen LogP contribution in [0.25, 0.3) is 22.2 Å². The summed E-state index contributed by atoms with van der Waals surface area (Å²) in [4.78, 5) is 4.42. The van der Waals surface area contributed by atoms with Gasteiger partial charge in [-0.05, 0) is 29.6 Å². The van der Waals surface area contributed by atoms with E-state index in [1.807, 2.05) is 16.8 Å². The normalized spacial score (nSPS) is 11.1. The van der Waals surface area contributed by atoms with Crippen LogP contribution < -0.4 is 5.23 Å². The lowest BCUT2D eigenvalue weighted by Gasteiger charge is -2.21. The van der Waals surface area contributed by atoms with Crippen LogP contribution in [0, 0.1) is 5.21 Å². The van der Waals surface area contributed by atoms with E-state index in [1.54, 1.807) is 29.5 Å². The second kappa shape index (κ2) is 3.41. The molecule has 0 amide bonds. The fraction of sp³-hybridized carbons (Fsp3) is 0. The third kappa shape index (κ3) is 1.34. The summed E-state index contributed by atoms with van der Waals surface area (Å²) in [5, 5.41) is 24.4. The SMILES string of the molecule is [O-]N(O)c1ccc2nc3ccscc-3c2c1. The zero-order valence-electron chi connectivity index (χ0n) is 8.12. The average Bonchev–Trinajstić information content (AvgIpc) is 2.66. The van der Waals surface area contributed by atoms with Crippen molar-refractivity contribution in [3.63, 3.8) is 0 Å². The molecule has 5 heteroatoms. The van der Waals surface area contributed by atoms with Crippen LogP contribution in [-0.2, 0) is 0 Å². The highest BCUT2D eigenvalue weighted by molar-refractivity contribution is 7.08. The lowest BCUT2D eigenvalue weighted by molar-refractivity contribution is 0.296.